The summed E-state index contributed by atoms with van der Waals surface area (Å²) in [7, 11) is 1.58. The van der Waals surface area contributed by atoms with Crippen molar-refractivity contribution in [1.29, 1.82) is 0 Å². The van der Waals surface area contributed by atoms with Crippen LogP contribution in [0, 0.1) is 11.7 Å². The fraction of sp³-hybridized carbons (Fsp3) is 0.222. The summed E-state index contributed by atoms with van der Waals surface area (Å²) in [5.74, 6) is 1.56. The van der Waals surface area contributed by atoms with Gasteiger partial charge in [-0.3, -0.25) is 9.69 Å². The van der Waals surface area contributed by atoms with Gasteiger partial charge in [0.2, 0.25) is 0 Å². The molecule has 0 bridgehead atoms. The molecule has 36 heavy (non-hydrogen) atoms. The average Bonchev–Trinajstić information content (AvgIpc) is 3.48. The van der Waals surface area contributed by atoms with Gasteiger partial charge in [-0.2, -0.15) is 5.10 Å². The van der Waals surface area contributed by atoms with Gasteiger partial charge in [-0.25, -0.2) is 4.39 Å². The van der Waals surface area contributed by atoms with Gasteiger partial charge in [0.1, 0.15) is 11.6 Å². The number of carbonyl (C=O) groups is 1. The number of nitrogens with zero attached hydrogens (tertiary/aromatic N) is 3. The van der Waals surface area contributed by atoms with Gasteiger partial charge in [-0.05, 0) is 59.7 Å². The Kier molecular flexibility index (Phi) is 8.22. The molecule has 4 rings (SSSR count). The molecule has 1 aliphatic heterocycles. The summed E-state index contributed by atoms with van der Waals surface area (Å²) < 4.78 is 30.6. The number of hydrogen-bond acceptors (Lipinski definition) is 7. The zero-order valence-corrected chi connectivity index (χ0v) is 21.0. The molecular formula is C27H26FN3O4S. The molecule has 9 heteroatoms. The van der Waals surface area contributed by atoms with E-state index in [2.05, 4.69) is 24.1 Å². The lowest BCUT2D eigenvalue weighted by Crippen LogP contribution is -2.28. The summed E-state index contributed by atoms with van der Waals surface area (Å²) in [4.78, 5) is 15.2. The smallest absolute Gasteiger partial charge is 0.267 e. The quantitative estimate of drug-likeness (QED) is 0.203. The Morgan fingerprint density at radius 3 is 2.69 bits per heavy atom. The first kappa shape index (κ1) is 25.2. The minimum Gasteiger partial charge on any atom is -0.493 e. The van der Waals surface area contributed by atoms with Crippen LogP contribution in [0.2, 0.25) is 0 Å². The number of benzene rings is 2. The van der Waals surface area contributed by atoms with Gasteiger partial charge in [0.15, 0.2) is 16.7 Å². The van der Waals surface area contributed by atoms with E-state index in [1.165, 1.54) is 28.9 Å². The van der Waals surface area contributed by atoms with E-state index >= 15 is 0 Å². The lowest BCUT2D eigenvalue weighted by atomic mass is 10.1. The van der Waals surface area contributed by atoms with E-state index in [1.54, 1.807) is 49.8 Å². The summed E-state index contributed by atoms with van der Waals surface area (Å²) in [6, 6.07) is 15.3. The standard InChI is InChI=1S/C27H26FN3O4S/c1-18(2)17-35-23-11-10-19(13-24(23)33-3)14-25-26(32)31(16-21-8-6-12-34-21)27(36-25)30-29-15-20-7-4-5-9-22(20)28/h4-15,18H,16-17H2,1-3H3/b25-14-,29-15+,30-27-. The number of rotatable bonds is 9. The van der Waals surface area contributed by atoms with Crippen LogP contribution in [0.1, 0.15) is 30.7 Å². The van der Waals surface area contributed by atoms with Gasteiger partial charge >= 0.3 is 0 Å². The van der Waals surface area contributed by atoms with Crippen LogP contribution in [0.4, 0.5) is 4.39 Å². The lowest BCUT2D eigenvalue weighted by molar-refractivity contribution is -0.122. The Labute approximate surface area is 213 Å². The highest BCUT2D eigenvalue weighted by Crippen LogP contribution is 2.35. The molecule has 1 saturated heterocycles. The maximum absolute atomic E-state index is 13.9. The molecule has 0 saturated carbocycles. The Balaban J connectivity index is 1.60. The SMILES string of the molecule is COc1cc(/C=C2\S/C(=N\N=C\c3ccccc3F)N(Cc3ccco3)C2=O)ccc1OCC(C)C. The highest BCUT2D eigenvalue weighted by atomic mass is 32.2. The highest BCUT2D eigenvalue weighted by molar-refractivity contribution is 8.18. The Bertz CT molecular complexity index is 1300. The van der Waals surface area contributed by atoms with E-state index in [9.17, 15) is 9.18 Å². The topological polar surface area (TPSA) is 76.6 Å². The lowest BCUT2D eigenvalue weighted by Gasteiger charge is -2.13. The molecule has 1 aliphatic rings. The Morgan fingerprint density at radius 2 is 1.97 bits per heavy atom. The van der Waals surface area contributed by atoms with Crippen molar-refractivity contribution in [2.45, 2.75) is 20.4 Å². The summed E-state index contributed by atoms with van der Waals surface area (Å²) in [6.07, 6.45) is 4.63. The van der Waals surface area contributed by atoms with Crippen LogP contribution in [0.15, 0.2) is 80.4 Å². The second kappa shape index (κ2) is 11.7. The summed E-state index contributed by atoms with van der Waals surface area (Å²) in [5.41, 5.74) is 1.07. The molecule has 1 fully saturated rings. The monoisotopic (exact) mass is 507 g/mol. The second-order valence-electron chi connectivity index (χ2n) is 8.35. The normalized spacial score (nSPS) is 16.1. The van der Waals surface area contributed by atoms with Gasteiger partial charge in [0, 0.05) is 5.56 Å². The Morgan fingerprint density at radius 1 is 1.14 bits per heavy atom. The molecule has 0 spiro atoms. The largest absolute Gasteiger partial charge is 0.493 e. The van der Waals surface area contributed by atoms with Crippen molar-refractivity contribution < 1.29 is 23.1 Å². The maximum atomic E-state index is 13.9. The van der Waals surface area contributed by atoms with Gasteiger partial charge in [-0.15, -0.1) is 5.10 Å². The van der Waals surface area contributed by atoms with Crippen molar-refractivity contribution in [2.24, 2.45) is 16.1 Å². The van der Waals surface area contributed by atoms with E-state index in [0.29, 0.717) is 45.4 Å². The first-order chi connectivity index (χ1) is 17.4. The number of methoxy groups -OCH3 is 1. The number of furan rings is 1. The number of carbonyl (C=O) groups excluding carboxylic acids is 1. The maximum Gasteiger partial charge on any atom is 0.267 e. The number of thioether (sulfide) groups is 1. The number of halogens is 1. The minimum atomic E-state index is -0.403. The van der Waals surface area contributed by atoms with Crippen molar-refractivity contribution in [2.75, 3.05) is 13.7 Å². The first-order valence-corrected chi connectivity index (χ1v) is 12.2. The predicted octanol–water partition coefficient (Wildman–Crippen LogP) is 5.97. The molecule has 0 N–H and O–H groups in total. The fourth-order valence-electron chi connectivity index (χ4n) is 3.30. The van der Waals surface area contributed by atoms with Gasteiger partial charge in [-0.1, -0.05) is 38.1 Å². The zero-order valence-electron chi connectivity index (χ0n) is 20.2. The van der Waals surface area contributed by atoms with Crippen molar-refractivity contribution >= 4 is 35.1 Å². The molecule has 2 aromatic carbocycles. The van der Waals surface area contributed by atoms with Crippen molar-refractivity contribution in [3.05, 3.63) is 88.5 Å². The third-order valence-corrected chi connectivity index (χ3v) is 6.08. The summed E-state index contributed by atoms with van der Waals surface area (Å²) in [5, 5.41) is 8.60. The van der Waals surface area contributed by atoms with Crippen molar-refractivity contribution in [3.8, 4) is 11.5 Å². The van der Waals surface area contributed by atoms with E-state index in [-0.39, 0.29) is 12.5 Å². The molecule has 0 unspecified atom stereocenters. The van der Waals surface area contributed by atoms with Gasteiger partial charge < -0.3 is 13.9 Å². The molecule has 1 amide bonds. The van der Waals surface area contributed by atoms with Crippen molar-refractivity contribution in [3.63, 3.8) is 0 Å². The van der Waals surface area contributed by atoms with E-state index in [0.717, 1.165) is 5.56 Å². The van der Waals surface area contributed by atoms with Crippen LogP contribution in [0.5, 0.6) is 11.5 Å². The molecule has 0 radical (unpaired) electrons. The predicted molar refractivity (Wildman–Crippen MR) is 140 cm³/mol. The summed E-state index contributed by atoms with van der Waals surface area (Å²) >= 11 is 1.18. The molecular weight excluding hydrogens is 481 g/mol. The third-order valence-electron chi connectivity index (χ3n) is 5.09. The highest BCUT2D eigenvalue weighted by Gasteiger charge is 2.34. The van der Waals surface area contributed by atoms with Crippen LogP contribution in [0.3, 0.4) is 0 Å². The zero-order chi connectivity index (χ0) is 25.5. The Hall–Kier alpha value is -3.85. The van der Waals surface area contributed by atoms with Gasteiger partial charge in [0.25, 0.3) is 5.91 Å². The van der Waals surface area contributed by atoms with Crippen LogP contribution in [-0.2, 0) is 11.3 Å². The fourth-order valence-corrected chi connectivity index (χ4v) is 4.24. The van der Waals surface area contributed by atoms with E-state index < -0.39 is 5.82 Å². The van der Waals surface area contributed by atoms with E-state index in [4.69, 9.17) is 13.9 Å². The second-order valence-corrected chi connectivity index (χ2v) is 9.35. The summed E-state index contributed by atoms with van der Waals surface area (Å²) in [6.45, 7) is 4.90. The molecule has 186 valence electrons. The minimum absolute atomic E-state index is 0.190. The van der Waals surface area contributed by atoms with Crippen LogP contribution in [-0.4, -0.2) is 35.9 Å². The molecule has 7 nitrogen and oxygen atoms in total. The molecule has 0 atom stereocenters. The third kappa shape index (κ3) is 6.23. The average molecular weight is 508 g/mol. The van der Waals surface area contributed by atoms with Crippen molar-refractivity contribution in [1.82, 2.24) is 4.90 Å². The number of amidine groups is 1. The number of hydrogen-bond donors (Lipinski definition) is 0. The van der Waals surface area contributed by atoms with E-state index in [1.807, 2.05) is 18.2 Å². The molecule has 1 aromatic heterocycles. The van der Waals surface area contributed by atoms with Crippen LogP contribution in [0.25, 0.3) is 6.08 Å². The molecule has 0 aliphatic carbocycles. The van der Waals surface area contributed by atoms with Crippen LogP contribution < -0.4 is 9.47 Å². The molecule has 3 aromatic rings. The first-order valence-electron chi connectivity index (χ1n) is 11.3. The van der Waals surface area contributed by atoms with Gasteiger partial charge in [0.05, 0.1) is 37.6 Å². The number of amides is 1. The molecule has 2 heterocycles. The number of ether oxygens (including phenoxy) is 2. The van der Waals surface area contributed by atoms with Crippen LogP contribution >= 0.6 is 11.8 Å².